The van der Waals surface area contributed by atoms with Gasteiger partial charge in [-0.05, 0) is 36.3 Å². The second kappa shape index (κ2) is 7.16. The van der Waals surface area contributed by atoms with Crippen LogP contribution in [0, 0.1) is 11.3 Å². The molecule has 2 aromatic carbocycles. The van der Waals surface area contributed by atoms with Crippen molar-refractivity contribution >= 4 is 11.6 Å². The average Bonchev–Trinajstić information content (AvgIpc) is 2.54. The predicted molar refractivity (Wildman–Crippen MR) is 84.1 cm³/mol. The normalized spacial score (nSPS) is 10.8. The van der Waals surface area contributed by atoms with Gasteiger partial charge in [0.25, 0.3) is 0 Å². The molecule has 106 valence electrons. The zero-order chi connectivity index (χ0) is 15.1. The van der Waals surface area contributed by atoms with Gasteiger partial charge in [0.1, 0.15) is 0 Å². The van der Waals surface area contributed by atoms with Gasteiger partial charge in [0.2, 0.25) is 0 Å². The summed E-state index contributed by atoms with van der Waals surface area (Å²) in [5.74, 6) is 1.37. The molecule has 2 rings (SSSR count). The van der Waals surface area contributed by atoms with Crippen LogP contribution in [-0.2, 0) is 0 Å². The van der Waals surface area contributed by atoms with E-state index in [9.17, 15) is 5.26 Å². The van der Waals surface area contributed by atoms with Gasteiger partial charge in [0.15, 0.2) is 11.5 Å². The van der Waals surface area contributed by atoms with Gasteiger partial charge in [-0.15, -0.1) is 0 Å². The van der Waals surface area contributed by atoms with Crippen LogP contribution >= 0.6 is 0 Å². The molecule has 0 aliphatic rings. The van der Waals surface area contributed by atoms with Crippen molar-refractivity contribution < 1.29 is 9.47 Å². The fourth-order valence-corrected chi connectivity index (χ4v) is 2.02. The molecule has 0 aliphatic carbocycles. The summed E-state index contributed by atoms with van der Waals surface area (Å²) in [4.78, 5) is 0. The molecule has 0 fully saturated rings. The van der Waals surface area contributed by atoms with Gasteiger partial charge in [-0.3, -0.25) is 0 Å². The van der Waals surface area contributed by atoms with E-state index in [4.69, 9.17) is 9.47 Å². The molecule has 0 saturated heterocycles. The number of benzene rings is 2. The molecule has 0 amide bonds. The molecule has 3 heteroatoms. The molecular weight excluding hydrogens is 262 g/mol. The lowest BCUT2D eigenvalue weighted by molar-refractivity contribution is 0.311. The van der Waals surface area contributed by atoms with Crippen molar-refractivity contribution in [1.82, 2.24) is 0 Å². The lowest BCUT2D eigenvalue weighted by Crippen LogP contribution is -1.95. The minimum atomic E-state index is 0.563. The number of ether oxygens (including phenoxy) is 2. The molecule has 3 nitrogen and oxygen atoms in total. The molecule has 0 N–H and O–H groups in total. The first-order chi connectivity index (χ1) is 10.3. The minimum Gasteiger partial charge on any atom is -0.493 e. The molecule has 0 saturated carbocycles. The molecule has 0 atom stereocenters. The highest BCUT2D eigenvalue weighted by Gasteiger charge is 2.06. The largest absolute Gasteiger partial charge is 0.493 e. The van der Waals surface area contributed by atoms with E-state index in [1.54, 1.807) is 7.11 Å². The molecule has 0 spiro atoms. The third-order valence-electron chi connectivity index (χ3n) is 3.00. The quantitative estimate of drug-likeness (QED) is 0.609. The van der Waals surface area contributed by atoms with Crippen molar-refractivity contribution in [2.45, 2.75) is 6.92 Å². The summed E-state index contributed by atoms with van der Waals surface area (Å²) in [7, 11) is 1.61. The maximum absolute atomic E-state index is 9.34. The van der Waals surface area contributed by atoms with Crippen molar-refractivity contribution in [3.8, 4) is 17.6 Å². The Labute approximate surface area is 125 Å². The maximum atomic E-state index is 9.34. The topological polar surface area (TPSA) is 42.2 Å². The average molecular weight is 279 g/mol. The van der Waals surface area contributed by atoms with Crippen LogP contribution < -0.4 is 9.47 Å². The van der Waals surface area contributed by atoms with Gasteiger partial charge in [-0.2, -0.15) is 5.26 Å². The Bertz CT molecular complexity index is 669. The molecule has 0 heterocycles. The molecule has 0 aromatic heterocycles. The summed E-state index contributed by atoms with van der Waals surface area (Å²) in [6.07, 6.45) is 1.84. The Morgan fingerprint density at radius 3 is 2.52 bits per heavy atom. The SMILES string of the molecule is CCOc1cc(/C=C(/C#N)c2ccccc2)ccc1OC. The van der Waals surface area contributed by atoms with Gasteiger partial charge < -0.3 is 9.47 Å². The van der Waals surface area contributed by atoms with Gasteiger partial charge in [0.05, 0.1) is 25.4 Å². The van der Waals surface area contributed by atoms with E-state index in [1.165, 1.54) is 0 Å². The van der Waals surface area contributed by atoms with Crippen LogP contribution in [0.3, 0.4) is 0 Å². The van der Waals surface area contributed by atoms with Gasteiger partial charge in [-0.1, -0.05) is 36.4 Å². The summed E-state index contributed by atoms with van der Waals surface area (Å²) in [5.41, 5.74) is 2.41. The molecular formula is C18H17NO2. The lowest BCUT2D eigenvalue weighted by Gasteiger charge is -2.10. The van der Waals surface area contributed by atoms with Crippen LogP contribution in [-0.4, -0.2) is 13.7 Å². The van der Waals surface area contributed by atoms with Crippen molar-refractivity contribution in [2.75, 3.05) is 13.7 Å². The van der Waals surface area contributed by atoms with Crippen LogP contribution in [0.5, 0.6) is 11.5 Å². The summed E-state index contributed by atoms with van der Waals surface area (Å²) in [5, 5.41) is 9.34. The molecule has 0 aliphatic heterocycles. The number of allylic oxidation sites excluding steroid dienone is 1. The number of nitrogens with zero attached hydrogens (tertiary/aromatic N) is 1. The van der Waals surface area contributed by atoms with Crippen LogP contribution in [0.2, 0.25) is 0 Å². The van der Waals surface area contributed by atoms with Crippen LogP contribution in [0.25, 0.3) is 11.6 Å². The van der Waals surface area contributed by atoms with E-state index >= 15 is 0 Å². The van der Waals surface area contributed by atoms with Crippen LogP contribution in [0.1, 0.15) is 18.1 Å². The zero-order valence-corrected chi connectivity index (χ0v) is 12.2. The first-order valence-corrected chi connectivity index (χ1v) is 6.76. The first kappa shape index (κ1) is 14.7. The van der Waals surface area contributed by atoms with Gasteiger partial charge in [0, 0.05) is 0 Å². The highest BCUT2D eigenvalue weighted by Crippen LogP contribution is 2.29. The smallest absolute Gasteiger partial charge is 0.161 e. The highest BCUT2D eigenvalue weighted by molar-refractivity contribution is 5.89. The number of methoxy groups -OCH3 is 1. The Kier molecular flexibility index (Phi) is 5.00. The standard InChI is InChI=1S/C18H17NO2/c1-3-21-18-12-14(9-10-17(18)20-2)11-16(13-19)15-7-5-4-6-8-15/h4-12H,3H2,1-2H3/b16-11-. The monoisotopic (exact) mass is 279 g/mol. The first-order valence-electron chi connectivity index (χ1n) is 6.76. The molecule has 0 unspecified atom stereocenters. The maximum Gasteiger partial charge on any atom is 0.161 e. The highest BCUT2D eigenvalue weighted by atomic mass is 16.5. The van der Waals surface area contributed by atoms with Crippen molar-refractivity contribution in [3.63, 3.8) is 0 Å². The minimum absolute atomic E-state index is 0.563. The summed E-state index contributed by atoms with van der Waals surface area (Å²) >= 11 is 0. The fourth-order valence-electron chi connectivity index (χ4n) is 2.02. The summed E-state index contributed by atoms with van der Waals surface area (Å²) in [6.45, 7) is 2.49. The van der Waals surface area contributed by atoms with E-state index in [2.05, 4.69) is 6.07 Å². The van der Waals surface area contributed by atoms with Crippen molar-refractivity contribution in [3.05, 3.63) is 59.7 Å². The van der Waals surface area contributed by atoms with Crippen molar-refractivity contribution in [2.24, 2.45) is 0 Å². The molecule has 0 radical (unpaired) electrons. The number of hydrogen-bond acceptors (Lipinski definition) is 3. The van der Waals surface area contributed by atoms with E-state index in [0.29, 0.717) is 23.7 Å². The number of hydrogen-bond donors (Lipinski definition) is 0. The van der Waals surface area contributed by atoms with Crippen molar-refractivity contribution in [1.29, 1.82) is 5.26 Å². The molecule has 2 aromatic rings. The second-order valence-electron chi connectivity index (χ2n) is 4.38. The van der Waals surface area contributed by atoms with Gasteiger partial charge in [-0.25, -0.2) is 0 Å². The van der Waals surface area contributed by atoms with Crippen LogP contribution in [0.4, 0.5) is 0 Å². The zero-order valence-electron chi connectivity index (χ0n) is 12.2. The van der Waals surface area contributed by atoms with E-state index in [0.717, 1.165) is 11.1 Å². The number of nitriles is 1. The van der Waals surface area contributed by atoms with E-state index in [1.807, 2.05) is 61.5 Å². The lowest BCUT2D eigenvalue weighted by atomic mass is 10.0. The summed E-state index contributed by atoms with van der Waals surface area (Å²) in [6, 6.07) is 17.5. The Morgan fingerprint density at radius 2 is 1.90 bits per heavy atom. The second-order valence-corrected chi connectivity index (χ2v) is 4.38. The predicted octanol–water partition coefficient (Wildman–Crippen LogP) is 4.16. The fraction of sp³-hybridized carbons (Fsp3) is 0.167. The van der Waals surface area contributed by atoms with E-state index < -0.39 is 0 Å². The summed E-state index contributed by atoms with van der Waals surface area (Å²) < 4.78 is 10.8. The Hall–Kier alpha value is -2.73. The third-order valence-corrected chi connectivity index (χ3v) is 3.00. The molecule has 21 heavy (non-hydrogen) atoms. The third kappa shape index (κ3) is 3.64. The number of rotatable bonds is 5. The van der Waals surface area contributed by atoms with Gasteiger partial charge >= 0.3 is 0 Å². The Morgan fingerprint density at radius 1 is 1.14 bits per heavy atom. The Balaban J connectivity index is 2.39. The van der Waals surface area contributed by atoms with Crippen LogP contribution in [0.15, 0.2) is 48.5 Å². The molecule has 0 bridgehead atoms. The van der Waals surface area contributed by atoms with E-state index in [-0.39, 0.29) is 0 Å².